The summed E-state index contributed by atoms with van der Waals surface area (Å²) < 4.78 is 13.7. The van der Waals surface area contributed by atoms with Gasteiger partial charge in [-0.15, -0.1) is 0 Å². The highest BCUT2D eigenvalue weighted by Gasteiger charge is 2.24. The summed E-state index contributed by atoms with van der Waals surface area (Å²) in [4.78, 5) is 31.9. The highest BCUT2D eigenvalue weighted by molar-refractivity contribution is 6.25. The highest BCUT2D eigenvalue weighted by atomic mass is 16.5. The summed E-state index contributed by atoms with van der Waals surface area (Å²) in [6.07, 6.45) is 8.61. The summed E-state index contributed by atoms with van der Waals surface area (Å²) in [7, 11) is 0. The van der Waals surface area contributed by atoms with Gasteiger partial charge in [0.2, 0.25) is 0 Å². The van der Waals surface area contributed by atoms with Crippen LogP contribution in [0.15, 0.2) is 152 Å². The van der Waals surface area contributed by atoms with Crippen LogP contribution in [0.3, 0.4) is 0 Å². The molecule has 0 saturated heterocycles. The molecule has 0 aliphatic rings. The number of phenols is 1. The third-order valence-corrected chi connectivity index (χ3v) is 13.7. The first-order valence-corrected chi connectivity index (χ1v) is 24.5. The maximum absolute atomic E-state index is 13.2. The summed E-state index contributed by atoms with van der Waals surface area (Å²) in [5.41, 5.74) is 8.17. The van der Waals surface area contributed by atoms with Crippen LogP contribution >= 0.6 is 0 Å². The molecule has 0 amide bonds. The molecular formula is C61H60N2O5. The molecule has 9 rings (SSSR count). The van der Waals surface area contributed by atoms with Crippen molar-refractivity contribution >= 4 is 55.3 Å². The molecule has 9 aromatic rings. The highest BCUT2D eigenvalue weighted by Crippen LogP contribution is 2.44. The van der Waals surface area contributed by atoms with Gasteiger partial charge in [-0.05, 0) is 129 Å². The minimum atomic E-state index is -0.301. The van der Waals surface area contributed by atoms with Gasteiger partial charge in [-0.1, -0.05) is 157 Å². The number of benzene rings is 8. The van der Waals surface area contributed by atoms with Gasteiger partial charge in [-0.2, -0.15) is 0 Å². The number of aromatic hydroxyl groups is 1. The Balaban J connectivity index is 1.17. The number of hydrogen-bond acceptors (Lipinski definition) is 6. The number of esters is 2. The molecule has 344 valence electrons. The second-order valence-electron chi connectivity index (χ2n) is 18.2. The molecule has 1 aromatic heterocycles. The number of imidazole rings is 1. The number of ether oxygens (including phenoxy) is 2. The third kappa shape index (κ3) is 9.48. The van der Waals surface area contributed by atoms with Gasteiger partial charge in [-0.3, -0.25) is 4.57 Å². The van der Waals surface area contributed by atoms with Crippen molar-refractivity contribution in [1.29, 1.82) is 0 Å². The van der Waals surface area contributed by atoms with E-state index in [0.29, 0.717) is 47.6 Å². The van der Waals surface area contributed by atoms with E-state index in [1.807, 2.05) is 97.1 Å². The molecule has 8 aromatic carbocycles. The number of unbranched alkanes of at least 4 members (excludes halogenated alkanes) is 2. The predicted octanol–water partition coefficient (Wildman–Crippen LogP) is 15.9. The van der Waals surface area contributed by atoms with E-state index < -0.39 is 0 Å². The van der Waals surface area contributed by atoms with Crippen LogP contribution in [0.5, 0.6) is 5.75 Å². The molecule has 1 heterocycles. The third-order valence-electron chi connectivity index (χ3n) is 13.7. The summed E-state index contributed by atoms with van der Waals surface area (Å²) in [5, 5.41) is 17.8. The molecule has 0 spiro atoms. The van der Waals surface area contributed by atoms with Gasteiger partial charge in [0.25, 0.3) is 0 Å². The topological polar surface area (TPSA) is 90.7 Å². The van der Waals surface area contributed by atoms with Crippen molar-refractivity contribution in [3.8, 4) is 45.1 Å². The largest absolute Gasteiger partial charge is 0.507 e. The number of hydrogen-bond donors (Lipinski definition) is 1. The van der Waals surface area contributed by atoms with E-state index in [1.54, 1.807) is 0 Å². The maximum atomic E-state index is 13.2. The molecule has 0 aliphatic heterocycles. The molecule has 0 fully saturated rings. The van der Waals surface area contributed by atoms with E-state index in [2.05, 4.69) is 86.9 Å². The van der Waals surface area contributed by atoms with E-state index in [9.17, 15) is 14.7 Å². The van der Waals surface area contributed by atoms with Crippen LogP contribution < -0.4 is 0 Å². The Bertz CT molecular complexity index is 3230. The fourth-order valence-electron chi connectivity index (χ4n) is 9.53. The lowest BCUT2D eigenvalue weighted by atomic mass is 9.93. The molecule has 0 aliphatic carbocycles. The van der Waals surface area contributed by atoms with Crippen molar-refractivity contribution < 1.29 is 24.2 Å². The molecule has 2 atom stereocenters. The van der Waals surface area contributed by atoms with Crippen molar-refractivity contribution in [2.45, 2.75) is 79.1 Å². The molecule has 7 nitrogen and oxygen atoms in total. The molecule has 1 N–H and O–H groups in total. The molecule has 2 unspecified atom stereocenters. The van der Waals surface area contributed by atoms with Gasteiger partial charge in [0.1, 0.15) is 11.6 Å². The second kappa shape index (κ2) is 20.7. The number of rotatable bonds is 18. The Morgan fingerprint density at radius 2 is 1.03 bits per heavy atom. The number of carbonyl (C=O) groups is 2. The molecule has 0 saturated carbocycles. The minimum absolute atomic E-state index is 0.140. The lowest BCUT2D eigenvalue weighted by molar-refractivity contribution is 0.0419. The fourth-order valence-corrected chi connectivity index (χ4v) is 9.53. The Morgan fingerprint density at radius 3 is 1.56 bits per heavy atom. The number of para-hydroxylation sites is 1. The first-order chi connectivity index (χ1) is 33.3. The number of fused-ring (bicyclic) bond motifs is 7. The molecule has 0 bridgehead atoms. The van der Waals surface area contributed by atoms with Crippen molar-refractivity contribution in [2.24, 2.45) is 11.8 Å². The first-order valence-electron chi connectivity index (χ1n) is 24.5. The Kier molecular flexibility index (Phi) is 14.0. The molecule has 0 radical (unpaired) electrons. The Hall–Kier alpha value is -7.25. The minimum Gasteiger partial charge on any atom is -0.507 e. The monoisotopic (exact) mass is 900 g/mol. The number of nitrogens with zero attached hydrogens (tertiary/aromatic N) is 2. The summed E-state index contributed by atoms with van der Waals surface area (Å²) >= 11 is 0. The second-order valence-corrected chi connectivity index (χ2v) is 18.2. The van der Waals surface area contributed by atoms with E-state index in [4.69, 9.17) is 14.5 Å². The normalized spacial score (nSPS) is 12.5. The molecule has 7 heteroatoms. The summed E-state index contributed by atoms with van der Waals surface area (Å²) in [5.74, 6) is 0.892. The zero-order valence-electron chi connectivity index (χ0n) is 39.6. The number of aromatic nitrogens is 2. The standard InChI is InChI=1S/C61H60N2O5/c1-5-9-16-40(7-3)38-67-60(65)44-26-22-42(23-27-44)48-30-32-51-52-33-31-49(43-24-28-45(29-25-43)61(66)68-39-41(8-4)17-10-6-2)35-54(52)58-57(53(51)34-48)62-59(63(58)50-20-12-11-13-21-50)55-36-46-18-14-15-19-47(46)37-56(55)64/h11-15,18-37,40-41,64H,5-10,16-17,38-39H2,1-4H3. The Labute approximate surface area is 399 Å². The quantitative estimate of drug-likeness (QED) is 0.0681. The van der Waals surface area contributed by atoms with Gasteiger partial charge >= 0.3 is 11.9 Å². The van der Waals surface area contributed by atoms with Crippen LogP contribution in [0.25, 0.3) is 82.7 Å². The van der Waals surface area contributed by atoms with Gasteiger partial charge in [0.05, 0.1) is 40.9 Å². The van der Waals surface area contributed by atoms with E-state index >= 15 is 0 Å². The number of phenolic OH excluding ortho intramolecular Hbond substituents is 1. The first kappa shape index (κ1) is 45.9. The SMILES string of the molecule is CCCCC(CC)COC(=O)c1ccc(-c2ccc3c4ccc(-c5ccc(C(=O)OCC(CC)CCCC)cc5)cc4c4c(nc(-c5cc6ccccc6cc5O)n4-c4ccccc4)c3c2)cc1. The van der Waals surface area contributed by atoms with Crippen molar-refractivity contribution in [3.05, 3.63) is 163 Å². The predicted molar refractivity (Wildman–Crippen MR) is 279 cm³/mol. The number of carbonyl (C=O) groups excluding carboxylic acids is 2. The van der Waals surface area contributed by atoms with Gasteiger partial charge < -0.3 is 14.6 Å². The fraction of sp³-hybridized carbons (Fsp3) is 0.262. The zero-order valence-corrected chi connectivity index (χ0v) is 39.6. The Morgan fingerprint density at radius 1 is 0.544 bits per heavy atom. The average Bonchev–Trinajstić information content (AvgIpc) is 3.79. The van der Waals surface area contributed by atoms with Crippen LogP contribution in [0.2, 0.25) is 0 Å². The smallest absolute Gasteiger partial charge is 0.338 e. The summed E-state index contributed by atoms with van der Waals surface area (Å²) in [6, 6.07) is 50.4. The molecule has 68 heavy (non-hydrogen) atoms. The van der Waals surface area contributed by atoms with Crippen molar-refractivity contribution in [2.75, 3.05) is 13.2 Å². The van der Waals surface area contributed by atoms with Gasteiger partial charge in [0.15, 0.2) is 0 Å². The van der Waals surface area contributed by atoms with Crippen LogP contribution in [0, 0.1) is 11.8 Å². The van der Waals surface area contributed by atoms with Gasteiger partial charge in [-0.25, -0.2) is 14.6 Å². The van der Waals surface area contributed by atoms with E-state index in [0.717, 1.165) is 123 Å². The zero-order chi connectivity index (χ0) is 47.1. The van der Waals surface area contributed by atoms with Crippen LogP contribution in [0.4, 0.5) is 0 Å². The van der Waals surface area contributed by atoms with Crippen molar-refractivity contribution in [1.82, 2.24) is 9.55 Å². The lowest BCUT2D eigenvalue weighted by Crippen LogP contribution is -2.14. The molecular weight excluding hydrogens is 841 g/mol. The van der Waals surface area contributed by atoms with Crippen LogP contribution in [-0.4, -0.2) is 39.8 Å². The summed E-state index contributed by atoms with van der Waals surface area (Å²) in [6.45, 7) is 9.54. The van der Waals surface area contributed by atoms with E-state index in [1.165, 1.54) is 0 Å². The van der Waals surface area contributed by atoms with Gasteiger partial charge in [0, 0.05) is 16.5 Å². The maximum Gasteiger partial charge on any atom is 0.338 e. The van der Waals surface area contributed by atoms with E-state index in [-0.39, 0.29) is 17.7 Å². The average molecular weight is 901 g/mol. The lowest BCUT2D eigenvalue weighted by Gasteiger charge is -2.15. The van der Waals surface area contributed by atoms with Crippen LogP contribution in [-0.2, 0) is 9.47 Å². The van der Waals surface area contributed by atoms with Crippen molar-refractivity contribution in [3.63, 3.8) is 0 Å². The van der Waals surface area contributed by atoms with Crippen LogP contribution in [0.1, 0.15) is 99.8 Å².